The second kappa shape index (κ2) is 6.52. The van der Waals surface area contributed by atoms with Crippen LogP contribution in [-0.4, -0.2) is 49.3 Å². The lowest BCUT2D eigenvalue weighted by atomic mass is 9.89. The topological polar surface area (TPSA) is 125 Å². The van der Waals surface area contributed by atoms with Crippen molar-refractivity contribution in [3.8, 4) is 0 Å². The van der Waals surface area contributed by atoms with Gasteiger partial charge in [0, 0.05) is 6.42 Å². The summed E-state index contributed by atoms with van der Waals surface area (Å²) in [6, 6.07) is 8.81. The number of ether oxygens (including phenoxy) is 1. The molecule has 0 saturated carbocycles. The molecule has 3 rings (SSSR count). The maximum Gasteiger partial charge on any atom is 0.330 e. The molecule has 9 heteroatoms. The maximum atomic E-state index is 13.5. The van der Waals surface area contributed by atoms with E-state index in [0.29, 0.717) is 10.8 Å². The fourth-order valence-corrected chi connectivity index (χ4v) is 2.99. The van der Waals surface area contributed by atoms with Gasteiger partial charge in [-0.15, -0.1) is 0 Å². The Balaban J connectivity index is 1.98. The number of H-pyrrole nitrogens is 1. The Kier molecular flexibility index (Phi) is 4.56. The van der Waals surface area contributed by atoms with Crippen LogP contribution < -0.4 is 11.2 Å². The summed E-state index contributed by atoms with van der Waals surface area (Å²) in [5, 5.41) is 30.5. The minimum atomic E-state index is -1.61. The minimum Gasteiger partial charge on any atom is -0.393 e. The molecule has 1 saturated heterocycles. The van der Waals surface area contributed by atoms with Crippen LogP contribution in [0.15, 0.2) is 46.1 Å². The molecule has 0 amide bonds. The molecule has 1 aliphatic heterocycles. The van der Waals surface area contributed by atoms with Gasteiger partial charge in [0.05, 0.1) is 12.8 Å². The zero-order valence-corrected chi connectivity index (χ0v) is 13.0. The third-order valence-corrected chi connectivity index (χ3v) is 4.32. The van der Waals surface area contributed by atoms with Crippen molar-refractivity contribution in [2.45, 2.75) is 30.5 Å². The molecule has 0 spiro atoms. The summed E-state index contributed by atoms with van der Waals surface area (Å²) in [6.45, 7) is -0.642. The number of aromatic nitrogens is 2. The Morgan fingerprint density at radius 3 is 2.56 bits per heavy atom. The van der Waals surface area contributed by atoms with Crippen LogP contribution in [-0.2, 0) is 11.2 Å². The lowest BCUT2D eigenvalue weighted by Gasteiger charge is -2.30. The molecule has 2 heterocycles. The zero-order valence-electron chi connectivity index (χ0n) is 13.0. The quantitative estimate of drug-likeness (QED) is 0.554. The molecule has 1 fully saturated rings. The molecule has 2 aromatic rings. The Labute approximate surface area is 140 Å². The number of rotatable bonds is 4. The first-order chi connectivity index (χ1) is 11.9. The third kappa shape index (κ3) is 3.02. The Morgan fingerprint density at radius 1 is 1.24 bits per heavy atom. The monoisotopic (exact) mass is 352 g/mol. The van der Waals surface area contributed by atoms with Gasteiger partial charge in [0.25, 0.3) is 5.56 Å². The van der Waals surface area contributed by atoms with Gasteiger partial charge >= 0.3 is 5.69 Å². The average Bonchev–Trinajstić information content (AvgIpc) is 2.85. The highest BCUT2D eigenvalue weighted by molar-refractivity contribution is 5.19. The van der Waals surface area contributed by atoms with Crippen molar-refractivity contribution < 1.29 is 24.4 Å². The van der Waals surface area contributed by atoms with Gasteiger partial charge in [0.15, 0.2) is 6.23 Å². The Morgan fingerprint density at radius 2 is 1.92 bits per heavy atom. The number of halogens is 1. The van der Waals surface area contributed by atoms with Gasteiger partial charge in [-0.3, -0.25) is 14.3 Å². The highest BCUT2D eigenvalue weighted by atomic mass is 19.1. The van der Waals surface area contributed by atoms with Crippen LogP contribution >= 0.6 is 0 Å². The number of aliphatic hydroxyl groups is 3. The number of aliphatic hydroxyl groups excluding tert-OH is 3. The van der Waals surface area contributed by atoms with Crippen molar-refractivity contribution >= 4 is 0 Å². The molecular weight excluding hydrogens is 335 g/mol. The van der Waals surface area contributed by atoms with E-state index >= 15 is 0 Å². The largest absolute Gasteiger partial charge is 0.393 e. The van der Waals surface area contributed by atoms with Crippen LogP contribution in [0.2, 0.25) is 0 Å². The van der Waals surface area contributed by atoms with Gasteiger partial charge in [-0.2, -0.15) is 4.39 Å². The van der Waals surface area contributed by atoms with E-state index in [9.17, 15) is 29.3 Å². The molecule has 0 radical (unpaired) electrons. The summed E-state index contributed by atoms with van der Waals surface area (Å²) in [5.41, 5.74) is -3.07. The first-order valence-electron chi connectivity index (χ1n) is 7.58. The normalized spacial score (nSPS) is 29.0. The van der Waals surface area contributed by atoms with E-state index in [2.05, 4.69) is 0 Å². The second-order valence-electron chi connectivity index (χ2n) is 5.97. The molecule has 0 aliphatic carbocycles. The average molecular weight is 352 g/mol. The Bertz CT molecular complexity index is 867. The van der Waals surface area contributed by atoms with E-state index in [4.69, 9.17) is 4.74 Å². The fourth-order valence-electron chi connectivity index (χ4n) is 2.99. The van der Waals surface area contributed by atoms with Gasteiger partial charge in [-0.05, 0) is 5.56 Å². The molecule has 25 heavy (non-hydrogen) atoms. The lowest BCUT2D eigenvalue weighted by Crippen LogP contribution is -2.48. The van der Waals surface area contributed by atoms with Gasteiger partial charge in [0.2, 0.25) is 5.82 Å². The molecule has 2 unspecified atom stereocenters. The van der Waals surface area contributed by atoms with Crippen molar-refractivity contribution in [2.24, 2.45) is 0 Å². The number of benzene rings is 1. The summed E-state index contributed by atoms with van der Waals surface area (Å²) in [4.78, 5) is 24.8. The number of hydrogen-bond donors (Lipinski definition) is 4. The van der Waals surface area contributed by atoms with Crippen molar-refractivity contribution in [3.05, 3.63) is 68.7 Å². The number of aromatic amines is 1. The van der Waals surface area contributed by atoms with Gasteiger partial charge in [-0.1, -0.05) is 30.3 Å². The van der Waals surface area contributed by atoms with E-state index in [1.807, 2.05) is 0 Å². The number of nitrogens with zero attached hydrogens (tertiary/aromatic N) is 1. The number of hydrogen-bond acceptors (Lipinski definition) is 6. The van der Waals surface area contributed by atoms with Gasteiger partial charge in [0.1, 0.15) is 17.8 Å². The molecule has 1 aromatic heterocycles. The molecule has 4 atom stereocenters. The molecule has 8 nitrogen and oxygen atoms in total. The van der Waals surface area contributed by atoms with Crippen LogP contribution in [0.1, 0.15) is 11.8 Å². The van der Waals surface area contributed by atoms with Crippen LogP contribution in [0.4, 0.5) is 4.39 Å². The van der Waals surface area contributed by atoms with Crippen LogP contribution in [0.3, 0.4) is 0 Å². The molecule has 1 aliphatic rings. The summed E-state index contributed by atoms with van der Waals surface area (Å²) in [7, 11) is 0. The SMILES string of the molecule is O=c1[nH]c(=O)n([C@@H]2O[C@@](CO)(Cc3ccccc3)C(O)C2O)cc1F. The van der Waals surface area contributed by atoms with E-state index in [0.717, 1.165) is 5.56 Å². The summed E-state index contributed by atoms with van der Waals surface area (Å²) in [6.07, 6.45) is -3.97. The smallest absolute Gasteiger partial charge is 0.330 e. The van der Waals surface area contributed by atoms with E-state index in [1.54, 1.807) is 35.3 Å². The van der Waals surface area contributed by atoms with Crippen molar-refractivity contribution in [2.75, 3.05) is 6.61 Å². The highest BCUT2D eigenvalue weighted by Gasteiger charge is 2.54. The van der Waals surface area contributed by atoms with Crippen LogP contribution in [0, 0.1) is 5.82 Å². The van der Waals surface area contributed by atoms with E-state index in [-0.39, 0.29) is 6.42 Å². The third-order valence-electron chi connectivity index (χ3n) is 4.32. The van der Waals surface area contributed by atoms with Crippen LogP contribution in [0.5, 0.6) is 0 Å². The predicted octanol–water partition coefficient (Wildman–Crippen LogP) is -1.10. The summed E-state index contributed by atoms with van der Waals surface area (Å²) >= 11 is 0. The summed E-state index contributed by atoms with van der Waals surface area (Å²) in [5.74, 6) is -1.24. The minimum absolute atomic E-state index is 0.0552. The van der Waals surface area contributed by atoms with Crippen molar-refractivity contribution in [1.29, 1.82) is 0 Å². The van der Waals surface area contributed by atoms with E-state index < -0.39 is 47.7 Å². The van der Waals surface area contributed by atoms with Gasteiger partial charge in [-0.25, -0.2) is 4.79 Å². The van der Waals surface area contributed by atoms with Crippen molar-refractivity contribution in [3.63, 3.8) is 0 Å². The molecule has 1 aromatic carbocycles. The van der Waals surface area contributed by atoms with Crippen molar-refractivity contribution in [1.82, 2.24) is 9.55 Å². The first kappa shape index (κ1) is 17.5. The standard InChI is InChI=1S/C16H17FN2O6/c17-10-7-19(15(24)18-13(10)23)14-11(21)12(22)16(8-20,25-14)6-9-4-2-1-3-5-9/h1-5,7,11-12,14,20-22H,6,8H2,(H,18,23,24)/t11?,12?,14-,16-/m1/s1. The van der Waals surface area contributed by atoms with E-state index in [1.165, 1.54) is 0 Å². The number of nitrogens with one attached hydrogen (secondary N) is 1. The maximum absolute atomic E-state index is 13.5. The molecular formula is C16H17FN2O6. The molecule has 0 bridgehead atoms. The summed E-state index contributed by atoms with van der Waals surface area (Å²) < 4.78 is 19.8. The van der Waals surface area contributed by atoms with Gasteiger partial charge < -0.3 is 20.1 Å². The Hall–Kier alpha value is -2.33. The molecule has 4 N–H and O–H groups in total. The molecule has 134 valence electrons. The zero-order chi connectivity index (χ0) is 18.2. The highest BCUT2D eigenvalue weighted by Crippen LogP contribution is 2.38. The fraction of sp³-hybridized carbons (Fsp3) is 0.375. The second-order valence-corrected chi connectivity index (χ2v) is 5.97. The predicted molar refractivity (Wildman–Crippen MR) is 83.4 cm³/mol. The first-order valence-corrected chi connectivity index (χ1v) is 7.58. The van der Waals surface area contributed by atoms with Crippen LogP contribution in [0.25, 0.3) is 0 Å². The lowest BCUT2D eigenvalue weighted by molar-refractivity contribution is -0.128.